The summed E-state index contributed by atoms with van der Waals surface area (Å²) in [6.07, 6.45) is 0. The summed E-state index contributed by atoms with van der Waals surface area (Å²) in [4.78, 5) is 0. The van der Waals surface area contributed by atoms with E-state index in [-0.39, 0.29) is 12.5 Å². The number of nitrogens with two attached hydrogens (primary N) is 1. The van der Waals surface area contributed by atoms with Gasteiger partial charge in [0.2, 0.25) is 0 Å². The minimum atomic E-state index is -1.09. The van der Waals surface area contributed by atoms with E-state index in [2.05, 4.69) is 0 Å². The molecule has 17 heavy (non-hydrogen) atoms. The molecule has 0 aliphatic rings. The molecule has 0 bridgehead atoms. The second-order valence-corrected chi connectivity index (χ2v) is 4.94. The average Bonchev–Trinajstić information content (AvgIpc) is 2.70. The Morgan fingerprint density at radius 2 is 2.06 bits per heavy atom. The van der Waals surface area contributed by atoms with Crippen molar-refractivity contribution in [3.63, 3.8) is 0 Å². The van der Waals surface area contributed by atoms with Crippen LogP contribution >= 0.6 is 0 Å². The lowest BCUT2D eigenvalue weighted by atomic mass is 9.88. The van der Waals surface area contributed by atoms with Crippen LogP contribution in [0.4, 0.5) is 0 Å². The van der Waals surface area contributed by atoms with E-state index >= 15 is 0 Å². The Balaban J connectivity index is 2.56. The van der Waals surface area contributed by atoms with Gasteiger partial charge in [0.15, 0.2) is 0 Å². The Bertz CT molecular complexity index is 530. The summed E-state index contributed by atoms with van der Waals surface area (Å²) in [6, 6.07) is 7.84. The number of aliphatic hydroxyl groups is 1. The highest BCUT2D eigenvalue weighted by Crippen LogP contribution is 2.33. The molecule has 0 saturated carbocycles. The quantitative estimate of drug-likeness (QED) is 0.856. The first-order valence-corrected chi connectivity index (χ1v) is 5.90. The van der Waals surface area contributed by atoms with E-state index in [1.54, 1.807) is 0 Å². The van der Waals surface area contributed by atoms with Gasteiger partial charge in [0.05, 0.1) is 0 Å². The number of hydrogen-bond donors (Lipinski definition) is 2. The highest BCUT2D eigenvalue weighted by molar-refractivity contribution is 5.78. The zero-order valence-electron chi connectivity index (χ0n) is 10.5. The van der Waals surface area contributed by atoms with Crippen molar-refractivity contribution in [2.45, 2.75) is 26.4 Å². The molecule has 3 heteroatoms. The molecule has 0 amide bonds. The summed E-state index contributed by atoms with van der Waals surface area (Å²) in [7, 11) is 0. The van der Waals surface area contributed by atoms with Gasteiger partial charge in [-0.15, -0.1) is 0 Å². The molecule has 2 aromatic rings. The number of fused-ring (bicyclic) bond motifs is 1. The predicted octanol–water partition coefficient (Wildman–Crippen LogP) is 2.54. The Hall–Kier alpha value is -1.32. The van der Waals surface area contributed by atoms with E-state index < -0.39 is 5.60 Å². The Labute approximate surface area is 101 Å². The molecule has 0 radical (unpaired) electrons. The summed E-state index contributed by atoms with van der Waals surface area (Å²) >= 11 is 0. The van der Waals surface area contributed by atoms with Crippen LogP contribution in [0.25, 0.3) is 11.0 Å². The lowest BCUT2D eigenvalue weighted by Crippen LogP contribution is -2.39. The van der Waals surface area contributed by atoms with Crippen LogP contribution in [0.1, 0.15) is 25.2 Å². The minimum absolute atomic E-state index is 0.00848. The smallest absolute Gasteiger partial charge is 0.138 e. The van der Waals surface area contributed by atoms with Gasteiger partial charge in [-0.1, -0.05) is 25.5 Å². The van der Waals surface area contributed by atoms with Gasteiger partial charge >= 0.3 is 0 Å². The van der Waals surface area contributed by atoms with Gasteiger partial charge in [-0.2, -0.15) is 0 Å². The SMILES string of the molecule is Cc1ccc2oc(C(O)(CN)C(C)C)cc2c1. The second kappa shape index (κ2) is 4.17. The first-order chi connectivity index (χ1) is 7.97. The van der Waals surface area contributed by atoms with Crippen LogP contribution in [0.3, 0.4) is 0 Å². The fourth-order valence-electron chi connectivity index (χ4n) is 2.00. The van der Waals surface area contributed by atoms with E-state index in [0.717, 1.165) is 11.0 Å². The van der Waals surface area contributed by atoms with Crippen molar-refractivity contribution in [1.82, 2.24) is 0 Å². The van der Waals surface area contributed by atoms with Crippen molar-refractivity contribution in [2.24, 2.45) is 11.7 Å². The number of hydrogen-bond acceptors (Lipinski definition) is 3. The van der Waals surface area contributed by atoms with Crippen molar-refractivity contribution in [2.75, 3.05) is 6.54 Å². The Kier molecular flexibility index (Phi) is 2.98. The lowest BCUT2D eigenvalue weighted by Gasteiger charge is -2.28. The van der Waals surface area contributed by atoms with Crippen molar-refractivity contribution in [3.8, 4) is 0 Å². The molecule has 92 valence electrons. The average molecular weight is 233 g/mol. The molecule has 2 rings (SSSR count). The first-order valence-electron chi connectivity index (χ1n) is 5.90. The summed E-state index contributed by atoms with van der Waals surface area (Å²) in [5, 5.41) is 11.5. The van der Waals surface area contributed by atoms with Gasteiger partial charge in [0.1, 0.15) is 16.9 Å². The zero-order chi connectivity index (χ0) is 12.6. The molecule has 0 fully saturated rings. The van der Waals surface area contributed by atoms with Crippen LogP contribution in [0.5, 0.6) is 0 Å². The fraction of sp³-hybridized carbons (Fsp3) is 0.429. The maximum atomic E-state index is 10.5. The molecule has 0 spiro atoms. The highest BCUT2D eigenvalue weighted by atomic mass is 16.4. The second-order valence-electron chi connectivity index (χ2n) is 4.94. The maximum Gasteiger partial charge on any atom is 0.138 e. The van der Waals surface area contributed by atoms with E-state index in [0.29, 0.717) is 5.76 Å². The topological polar surface area (TPSA) is 59.4 Å². The Morgan fingerprint density at radius 3 is 2.65 bits per heavy atom. The highest BCUT2D eigenvalue weighted by Gasteiger charge is 2.35. The van der Waals surface area contributed by atoms with Gasteiger partial charge < -0.3 is 15.3 Å². The van der Waals surface area contributed by atoms with Crippen molar-refractivity contribution in [3.05, 3.63) is 35.6 Å². The van der Waals surface area contributed by atoms with Crippen LogP contribution in [-0.4, -0.2) is 11.7 Å². The van der Waals surface area contributed by atoms with Gasteiger partial charge in [0, 0.05) is 11.9 Å². The largest absolute Gasteiger partial charge is 0.458 e. The molecule has 0 aliphatic heterocycles. The Morgan fingerprint density at radius 1 is 1.35 bits per heavy atom. The zero-order valence-corrected chi connectivity index (χ0v) is 10.5. The van der Waals surface area contributed by atoms with Crippen LogP contribution in [0, 0.1) is 12.8 Å². The van der Waals surface area contributed by atoms with Gasteiger partial charge in [-0.05, 0) is 31.0 Å². The summed E-state index contributed by atoms with van der Waals surface area (Å²) in [5.41, 5.74) is 6.55. The molecule has 3 nitrogen and oxygen atoms in total. The molecular formula is C14H19NO2. The van der Waals surface area contributed by atoms with Crippen molar-refractivity contribution in [1.29, 1.82) is 0 Å². The molecule has 1 unspecified atom stereocenters. The van der Waals surface area contributed by atoms with Crippen LogP contribution < -0.4 is 5.73 Å². The van der Waals surface area contributed by atoms with Gasteiger partial charge in [-0.3, -0.25) is 0 Å². The lowest BCUT2D eigenvalue weighted by molar-refractivity contribution is -0.0194. The molecule has 3 N–H and O–H groups in total. The van der Waals surface area contributed by atoms with Gasteiger partial charge in [-0.25, -0.2) is 0 Å². The number of furan rings is 1. The van der Waals surface area contributed by atoms with Crippen LogP contribution in [0.2, 0.25) is 0 Å². The molecular weight excluding hydrogens is 214 g/mol. The monoisotopic (exact) mass is 233 g/mol. The fourth-order valence-corrected chi connectivity index (χ4v) is 2.00. The third-order valence-electron chi connectivity index (χ3n) is 3.36. The molecule has 0 saturated heterocycles. The predicted molar refractivity (Wildman–Crippen MR) is 68.7 cm³/mol. The third kappa shape index (κ3) is 1.96. The number of aryl methyl sites for hydroxylation is 1. The summed E-state index contributed by atoms with van der Waals surface area (Å²) < 4.78 is 5.71. The maximum absolute atomic E-state index is 10.5. The standard InChI is InChI=1S/C14H19NO2/c1-9(2)14(16,8-15)13-7-11-6-10(3)4-5-12(11)17-13/h4-7,9,16H,8,15H2,1-3H3. The minimum Gasteiger partial charge on any atom is -0.458 e. The number of benzene rings is 1. The first kappa shape index (κ1) is 12.1. The van der Waals surface area contributed by atoms with E-state index in [9.17, 15) is 5.11 Å². The summed E-state index contributed by atoms with van der Waals surface area (Å²) in [5.74, 6) is 0.560. The number of rotatable bonds is 3. The summed E-state index contributed by atoms with van der Waals surface area (Å²) in [6.45, 7) is 6.06. The van der Waals surface area contributed by atoms with E-state index in [1.165, 1.54) is 5.56 Å². The molecule has 1 heterocycles. The van der Waals surface area contributed by atoms with Crippen molar-refractivity contribution >= 4 is 11.0 Å². The van der Waals surface area contributed by atoms with Crippen LogP contribution in [-0.2, 0) is 5.60 Å². The molecule has 0 aliphatic carbocycles. The van der Waals surface area contributed by atoms with Gasteiger partial charge in [0.25, 0.3) is 0 Å². The van der Waals surface area contributed by atoms with E-state index in [4.69, 9.17) is 10.2 Å². The van der Waals surface area contributed by atoms with Crippen LogP contribution in [0.15, 0.2) is 28.7 Å². The normalized spacial score (nSPS) is 15.4. The third-order valence-corrected chi connectivity index (χ3v) is 3.36. The molecule has 1 aromatic heterocycles. The van der Waals surface area contributed by atoms with Crippen molar-refractivity contribution < 1.29 is 9.52 Å². The molecule has 1 atom stereocenters. The van der Waals surface area contributed by atoms with E-state index in [1.807, 2.05) is 45.0 Å². The molecule has 1 aromatic carbocycles.